The van der Waals surface area contributed by atoms with Crippen molar-refractivity contribution in [1.29, 1.82) is 5.26 Å². The number of nitrogens with two attached hydrogens (primary N) is 1. The van der Waals surface area contributed by atoms with E-state index in [2.05, 4.69) is 11.1 Å². The fourth-order valence-corrected chi connectivity index (χ4v) is 1.75. The molecule has 1 heterocycles. The first kappa shape index (κ1) is 11.4. The molecule has 0 aliphatic rings. The van der Waals surface area contributed by atoms with Gasteiger partial charge in [0.2, 0.25) is 0 Å². The summed E-state index contributed by atoms with van der Waals surface area (Å²) in [5.74, 6) is 0. The smallest absolute Gasteiger partial charge is 0.0994 e. The number of hydrogen-bond acceptors (Lipinski definition) is 3. The zero-order valence-electron chi connectivity index (χ0n) is 9.50. The fraction of sp³-hybridized carbons (Fsp3) is 0.231. The molecule has 4 heteroatoms. The molecule has 0 saturated carbocycles. The standard InChI is InChI=1S/C13H14N4/c14-7-5-11-1-3-12(4-2-11)17-10-16-9-13(17)6-8-15/h1-4,9-10H,5-6,8,15H2. The van der Waals surface area contributed by atoms with Gasteiger partial charge in [0.15, 0.2) is 0 Å². The van der Waals surface area contributed by atoms with E-state index in [0.29, 0.717) is 13.0 Å². The lowest BCUT2D eigenvalue weighted by atomic mass is 10.1. The van der Waals surface area contributed by atoms with E-state index in [1.165, 1.54) is 0 Å². The lowest BCUT2D eigenvalue weighted by molar-refractivity contribution is 0.873. The maximum atomic E-state index is 8.61. The van der Waals surface area contributed by atoms with Crippen LogP contribution in [0.4, 0.5) is 0 Å². The van der Waals surface area contributed by atoms with Crippen LogP contribution in [-0.2, 0) is 12.8 Å². The molecule has 0 saturated heterocycles. The third kappa shape index (κ3) is 2.52. The van der Waals surface area contributed by atoms with Crippen molar-refractivity contribution in [1.82, 2.24) is 9.55 Å². The SMILES string of the molecule is N#CCc1ccc(-n2cncc2CCN)cc1. The van der Waals surface area contributed by atoms with Crippen molar-refractivity contribution in [2.24, 2.45) is 5.73 Å². The number of benzene rings is 1. The Hall–Kier alpha value is -2.12. The lowest BCUT2D eigenvalue weighted by Crippen LogP contribution is -2.07. The first-order chi connectivity index (χ1) is 8.35. The van der Waals surface area contributed by atoms with E-state index in [0.717, 1.165) is 23.4 Å². The Labute approximate surface area is 100 Å². The molecule has 2 aromatic rings. The number of nitriles is 1. The number of imidazole rings is 1. The van der Waals surface area contributed by atoms with Crippen molar-refractivity contribution in [2.45, 2.75) is 12.8 Å². The van der Waals surface area contributed by atoms with Crippen LogP contribution >= 0.6 is 0 Å². The van der Waals surface area contributed by atoms with E-state index >= 15 is 0 Å². The van der Waals surface area contributed by atoms with Gasteiger partial charge >= 0.3 is 0 Å². The summed E-state index contributed by atoms with van der Waals surface area (Å²) in [7, 11) is 0. The second-order valence-electron chi connectivity index (χ2n) is 3.79. The molecule has 0 radical (unpaired) electrons. The van der Waals surface area contributed by atoms with Crippen molar-refractivity contribution in [3.63, 3.8) is 0 Å². The normalized spacial score (nSPS) is 10.1. The molecule has 2 N–H and O–H groups in total. The fourth-order valence-electron chi connectivity index (χ4n) is 1.75. The summed E-state index contributed by atoms with van der Waals surface area (Å²) in [6.45, 7) is 0.609. The highest BCUT2D eigenvalue weighted by Crippen LogP contribution is 2.13. The zero-order valence-corrected chi connectivity index (χ0v) is 9.50. The van der Waals surface area contributed by atoms with Gasteiger partial charge < -0.3 is 10.3 Å². The van der Waals surface area contributed by atoms with Gasteiger partial charge in [-0.25, -0.2) is 4.98 Å². The minimum absolute atomic E-state index is 0.444. The molecular formula is C13H14N4. The van der Waals surface area contributed by atoms with E-state index < -0.39 is 0 Å². The average molecular weight is 226 g/mol. The summed E-state index contributed by atoms with van der Waals surface area (Å²) in [5, 5.41) is 8.61. The predicted octanol–water partition coefficient (Wildman–Crippen LogP) is 1.44. The van der Waals surface area contributed by atoms with Gasteiger partial charge in [0, 0.05) is 24.0 Å². The van der Waals surface area contributed by atoms with Crippen LogP contribution in [0.3, 0.4) is 0 Å². The molecule has 86 valence electrons. The molecule has 1 aromatic carbocycles. The van der Waals surface area contributed by atoms with Crippen LogP contribution in [-0.4, -0.2) is 16.1 Å². The molecule has 17 heavy (non-hydrogen) atoms. The third-order valence-corrected chi connectivity index (χ3v) is 2.61. The molecular weight excluding hydrogens is 212 g/mol. The number of aromatic nitrogens is 2. The van der Waals surface area contributed by atoms with Gasteiger partial charge in [0.25, 0.3) is 0 Å². The Morgan fingerprint density at radius 3 is 2.71 bits per heavy atom. The summed E-state index contributed by atoms with van der Waals surface area (Å²) in [6.07, 6.45) is 4.86. The van der Waals surface area contributed by atoms with Gasteiger partial charge in [-0.3, -0.25) is 0 Å². The van der Waals surface area contributed by atoms with Crippen molar-refractivity contribution in [3.8, 4) is 11.8 Å². The molecule has 0 bridgehead atoms. The molecule has 0 spiro atoms. The van der Waals surface area contributed by atoms with Gasteiger partial charge in [0.05, 0.1) is 18.8 Å². The number of rotatable bonds is 4. The Bertz CT molecular complexity index is 519. The Morgan fingerprint density at radius 2 is 2.06 bits per heavy atom. The second-order valence-corrected chi connectivity index (χ2v) is 3.79. The van der Waals surface area contributed by atoms with Crippen LogP contribution in [0, 0.1) is 11.3 Å². The third-order valence-electron chi connectivity index (χ3n) is 2.61. The Balaban J connectivity index is 2.27. The summed E-state index contributed by atoms with van der Waals surface area (Å²) in [4.78, 5) is 4.13. The number of nitrogens with zero attached hydrogens (tertiary/aromatic N) is 3. The molecule has 0 amide bonds. The van der Waals surface area contributed by atoms with Crippen LogP contribution in [0.25, 0.3) is 5.69 Å². The van der Waals surface area contributed by atoms with Crippen LogP contribution in [0.2, 0.25) is 0 Å². The molecule has 4 nitrogen and oxygen atoms in total. The predicted molar refractivity (Wildman–Crippen MR) is 65.6 cm³/mol. The first-order valence-electron chi connectivity index (χ1n) is 5.52. The Kier molecular flexibility index (Phi) is 3.53. The highest BCUT2D eigenvalue weighted by atomic mass is 15.0. The van der Waals surface area contributed by atoms with Gasteiger partial charge in [-0.2, -0.15) is 5.26 Å². The minimum Gasteiger partial charge on any atom is -0.330 e. The van der Waals surface area contributed by atoms with Crippen molar-refractivity contribution in [2.75, 3.05) is 6.54 Å². The van der Waals surface area contributed by atoms with Gasteiger partial charge in [-0.1, -0.05) is 12.1 Å². The van der Waals surface area contributed by atoms with E-state index in [-0.39, 0.29) is 0 Å². The zero-order chi connectivity index (χ0) is 12.1. The van der Waals surface area contributed by atoms with Crippen LogP contribution in [0.15, 0.2) is 36.8 Å². The van der Waals surface area contributed by atoms with Crippen LogP contribution in [0.1, 0.15) is 11.3 Å². The summed E-state index contributed by atoms with van der Waals surface area (Å²) < 4.78 is 2.02. The van der Waals surface area contributed by atoms with Gasteiger partial charge in [-0.15, -0.1) is 0 Å². The largest absolute Gasteiger partial charge is 0.330 e. The minimum atomic E-state index is 0.444. The first-order valence-corrected chi connectivity index (χ1v) is 5.52. The van der Waals surface area contributed by atoms with Crippen molar-refractivity contribution in [3.05, 3.63) is 48.0 Å². The molecule has 0 aliphatic carbocycles. The van der Waals surface area contributed by atoms with E-state index in [9.17, 15) is 0 Å². The van der Waals surface area contributed by atoms with Crippen molar-refractivity contribution >= 4 is 0 Å². The van der Waals surface area contributed by atoms with Gasteiger partial charge in [0.1, 0.15) is 0 Å². The summed E-state index contributed by atoms with van der Waals surface area (Å²) in [6, 6.07) is 10.0. The second kappa shape index (κ2) is 5.28. The maximum Gasteiger partial charge on any atom is 0.0994 e. The van der Waals surface area contributed by atoms with E-state index in [1.54, 1.807) is 6.33 Å². The average Bonchev–Trinajstić information content (AvgIpc) is 2.79. The van der Waals surface area contributed by atoms with Crippen LogP contribution in [0.5, 0.6) is 0 Å². The highest BCUT2D eigenvalue weighted by Gasteiger charge is 2.03. The van der Waals surface area contributed by atoms with Crippen molar-refractivity contribution < 1.29 is 0 Å². The van der Waals surface area contributed by atoms with E-state index in [1.807, 2.05) is 35.0 Å². The molecule has 0 aliphatic heterocycles. The van der Waals surface area contributed by atoms with Gasteiger partial charge in [-0.05, 0) is 24.2 Å². The lowest BCUT2D eigenvalue weighted by Gasteiger charge is -2.07. The molecule has 0 unspecified atom stereocenters. The summed E-state index contributed by atoms with van der Waals surface area (Å²) >= 11 is 0. The highest BCUT2D eigenvalue weighted by molar-refractivity contribution is 5.37. The topological polar surface area (TPSA) is 67.6 Å². The van der Waals surface area contributed by atoms with Crippen LogP contribution < -0.4 is 5.73 Å². The molecule has 1 aromatic heterocycles. The molecule has 2 rings (SSSR count). The monoisotopic (exact) mass is 226 g/mol. The maximum absolute atomic E-state index is 8.61. The van der Waals surface area contributed by atoms with E-state index in [4.69, 9.17) is 11.0 Å². The number of hydrogen-bond donors (Lipinski definition) is 1. The summed E-state index contributed by atoms with van der Waals surface area (Å²) in [5.41, 5.74) is 8.72. The quantitative estimate of drug-likeness (QED) is 0.857. The Morgan fingerprint density at radius 1 is 1.29 bits per heavy atom. The molecule has 0 atom stereocenters. The molecule has 0 fully saturated rings.